The van der Waals surface area contributed by atoms with Gasteiger partial charge < -0.3 is 29.5 Å². The minimum atomic E-state index is -1.42. The van der Waals surface area contributed by atoms with Crippen LogP contribution in [0.3, 0.4) is 0 Å². The Labute approximate surface area is 121 Å². The normalized spacial score (nSPS) is 30.2. The second kappa shape index (κ2) is 6.42. The van der Waals surface area contributed by atoms with Crippen molar-refractivity contribution in [3.8, 4) is 0 Å². The van der Waals surface area contributed by atoms with Gasteiger partial charge in [-0.15, -0.1) is 0 Å². The summed E-state index contributed by atoms with van der Waals surface area (Å²) in [7, 11) is 1.20. The molecule has 21 heavy (non-hydrogen) atoms. The van der Waals surface area contributed by atoms with E-state index in [1.54, 1.807) is 0 Å². The van der Waals surface area contributed by atoms with Gasteiger partial charge in [-0.05, 0) is 0 Å². The second-order valence-corrected chi connectivity index (χ2v) is 4.79. The molecule has 0 aromatic rings. The van der Waals surface area contributed by atoms with Crippen molar-refractivity contribution in [2.45, 2.75) is 43.8 Å². The van der Waals surface area contributed by atoms with Crippen LogP contribution in [0.1, 0.15) is 13.3 Å². The molecule has 2 rings (SSSR count). The summed E-state index contributed by atoms with van der Waals surface area (Å²) >= 11 is 0. The number of hydrogen-bond acceptors (Lipinski definition) is 8. The molecule has 0 aliphatic carbocycles. The largest absolute Gasteiger partial charge is 0.478 e. The number of aliphatic hydroxyl groups excluding tert-OH is 3. The van der Waals surface area contributed by atoms with E-state index in [1.165, 1.54) is 13.2 Å². The number of carbonyl (C=O) groups is 1. The average molecular weight is 301 g/mol. The maximum Gasteiger partial charge on any atom is 0.373 e. The van der Waals surface area contributed by atoms with Crippen LogP contribution in [0.25, 0.3) is 0 Å². The lowest BCUT2D eigenvalue weighted by Crippen LogP contribution is -2.51. The third-order valence-electron chi connectivity index (χ3n) is 3.42. The van der Waals surface area contributed by atoms with Gasteiger partial charge in [0.25, 0.3) is 0 Å². The molecular weight excluding hydrogens is 282 g/mol. The molecule has 5 atom stereocenters. The van der Waals surface area contributed by atoms with Gasteiger partial charge in [0.1, 0.15) is 24.4 Å². The summed E-state index contributed by atoms with van der Waals surface area (Å²) in [5, 5.41) is 28.6. The molecule has 0 unspecified atom stereocenters. The Morgan fingerprint density at radius 1 is 1.48 bits per heavy atom. The highest BCUT2D eigenvalue weighted by molar-refractivity contribution is 5.87. The lowest BCUT2D eigenvalue weighted by molar-refractivity contribution is -0.148. The summed E-state index contributed by atoms with van der Waals surface area (Å²) in [4.78, 5) is 15.9. The maximum absolute atomic E-state index is 11.6. The molecule has 3 N–H and O–H groups in total. The van der Waals surface area contributed by atoms with Crippen molar-refractivity contribution in [2.75, 3.05) is 13.7 Å². The van der Waals surface area contributed by atoms with E-state index in [1.807, 2.05) is 6.92 Å². The van der Waals surface area contributed by atoms with Gasteiger partial charge in [0.15, 0.2) is 12.0 Å². The standard InChI is InChI=1S/C13H19NO7/c1-3-9-14-10-7(20-9)4-8(13(18)19-2)21-12(10)11(17)6(16)5-15/h4,6-7,10-12,15-17H,3,5H2,1-2H3/t6-,7-,10+,11-,12-/m1/s1. The van der Waals surface area contributed by atoms with Crippen LogP contribution in [-0.4, -0.2) is 71.4 Å². The molecule has 2 aliphatic heterocycles. The average Bonchev–Trinajstić information content (AvgIpc) is 2.94. The van der Waals surface area contributed by atoms with Crippen molar-refractivity contribution in [2.24, 2.45) is 4.99 Å². The first-order valence-corrected chi connectivity index (χ1v) is 6.68. The number of aliphatic hydroxyl groups is 3. The highest BCUT2D eigenvalue weighted by Crippen LogP contribution is 2.31. The third kappa shape index (κ3) is 3.02. The number of fused-ring (bicyclic) bond motifs is 1. The van der Waals surface area contributed by atoms with E-state index in [0.29, 0.717) is 12.3 Å². The number of nitrogens with zero attached hydrogens (tertiary/aromatic N) is 1. The predicted octanol–water partition coefficient (Wildman–Crippen LogP) is -1.27. The Hall–Kier alpha value is -1.64. The van der Waals surface area contributed by atoms with Gasteiger partial charge in [-0.1, -0.05) is 6.92 Å². The van der Waals surface area contributed by atoms with Crippen molar-refractivity contribution >= 4 is 11.9 Å². The second-order valence-electron chi connectivity index (χ2n) is 4.79. The maximum atomic E-state index is 11.6. The molecular formula is C13H19NO7. The monoisotopic (exact) mass is 301 g/mol. The predicted molar refractivity (Wildman–Crippen MR) is 70.5 cm³/mol. The Balaban J connectivity index is 2.28. The Morgan fingerprint density at radius 3 is 2.76 bits per heavy atom. The molecule has 8 heteroatoms. The van der Waals surface area contributed by atoms with Crippen LogP contribution in [0.4, 0.5) is 0 Å². The van der Waals surface area contributed by atoms with E-state index in [9.17, 15) is 15.0 Å². The van der Waals surface area contributed by atoms with Crippen LogP contribution in [0.5, 0.6) is 0 Å². The number of methoxy groups -OCH3 is 1. The van der Waals surface area contributed by atoms with E-state index >= 15 is 0 Å². The smallest absolute Gasteiger partial charge is 0.373 e. The molecule has 8 nitrogen and oxygen atoms in total. The van der Waals surface area contributed by atoms with Crippen molar-refractivity contribution in [1.82, 2.24) is 0 Å². The van der Waals surface area contributed by atoms with Gasteiger partial charge in [0.2, 0.25) is 5.76 Å². The van der Waals surface area contributed by atoms with E-state index in [2.05, 4.69) is 9.73 Å². The molecule has 0 saturated carbocycles. The van der Waals surface area contributed by atoms with Gasteiger partial charge in [-0.3, -0.25) is 0 Å². The molecule has 0 fully saturated rings. The van der Waals surface area contributed by atoms with Crippen LogP contribution in [0, 0.1) is 0 Å². The molecule has 118 valence electrons. The highest BCUT2D eigenvalue weighted by Gasteiger charge is 2.47. The molecule has 2 aliphatic rings. The highest BCUT2D eigenvalue weighted by atomic mass is 16.6. The first-order valence-electron chi connectivity index (χ1n) is 6.68. The number of carbonyl (C=O) groups excluding carboxylic acids is 1. The number of rotatable bonds is 5. The van der Waals surface area contributed by atoms with E-state index < -0.39 is 43.0 Å². The molecule has 0 aromatic heterocycles. The zero-order chi connectivity index (χ0) is 15.6. The van der Waals surface area contributed by atoms with Crippen molar-refractivity contribution < 1.29 is 34.3 Å². The van der Waals surface area contributed by atoms with E-state index in [4.69, 9.17) is 14.6 Å². The molecule has 0 bridgehead atoms. The fourth-order valence-electron chi connectivity index (χ4n) is 2.28. The minimum Gasteiger partial charge on any atom is -0.478 e. The number of esters is 1. The minimum absolute atomic E-state index is 0.111. The fraction of sp³-hybridized carbons (Fsp3) is 0.692. The first-order chi connectivity index (χ1) is 10.0. The van der Waals surface area contributed by atoms with Gasteiger partial charge in [-0.25, -0.2) is 9.79 Å². The molecule has 0 radical (unpaired) electrons. The Morgan fingerprint density at radius 2 is 2.19 bits per heavy atom. The van der Waals surface area contributed by atoms with Crippen LogP contribution in [0.2, 0.25) is 0 Å². The van der Waals surface area contributed by atoms with Gasteiger partial charge in [-0.2, -0.15) is 0 Å². The molecule has 0 spiro atoms. The zero-order valence-electron chi connectivity index (χ0n) is 11.8. The van der Waals surface area contributed by atoms with Crippen molar-refractivity contribution in [1.29, 1.82) is 0 Å². The number of ether oxygens (including phenoxy) is 3. The van der Waals surface area contributed by atoms with Gasteiger partial charge >= 0.3 is 5.97 Å². The van der Waals surface area contributed by atoms with Crippen LogP contribution >= 0.6 is 0 Å². The molecule has 0 aromatic carbocycles. The van der Waals surface area contributed by atoms with E-state index in [0.717, 1.165) is 0 Å². The van der Waals surface area contributed by atoms with Gasteiger partial charge in [0.05, 0.1) is 13.7 Å². The van der Waals surface area contributed by atoms with Crippen LogP contribution in [-0.2, 0) is 19.0 Å². The van der Waals surface area contributed by atoms with Crippen LogP contribution < -0.4 is 0 Å². The molecule has 0 amide bonds. The van der Waals surface area contributed by atoms with Crippen molar-refractivity contribution in [3.05, 3.63) is 11.8 Å². The lowest BCUT2D eigenvalue weighted by atomic mass is 9.95. The summed E-state index contributed by atoms with van der Waals surface area (Å²) in [6.07, 6.45) is -2.42. The van der Waals surface area contributed by atoms with Crippen LogP contribution in [0.15, 0.2) is 16.8 Å². The SMILES string of the molecule is CCC1=N[C@@H]2[C@H]([C@H](O)[C@H](O)CO)OC(C(=O)OC)=C[C@H]2O1. The Kier molecular flexibility index (Phi) is 4.81. The summed E-state index contributed by atoms with van der Waals surface area (Å²) in [6.45, 7) is 1.22. The summed E-state index contributed by atoms with van der Waals surface area (Å²) < 4.78 is 15.6. The fourth-order valence-corrected chi connectivity index (χ4v) is 2.28. The Bertz CT molecular complexity index is 461. The molecule has 0 saturated heterocycles. The number of hydrogen-bond donors (Lipinski definition) is 3. The summed E-state index contributed by atoms with van der Waals surface area (Å²) in [5.41, 5.74) is 0. The van der Waals surface area contributed by atoms with Crippen molar-refractivity contribution in [3.63, 3.8) is 0 Å². The zero-order valence-corrected chi connectivity index (χ0v) is 11.8. The van der Waals surface area contributed by atoms with E-state index in [-0.39, 0.29) is 5.76 Å². The topological polar surface area (TPSA) is 118 Å². The lowest BCUT2D eigenvalue weighted by Gasteiger charge is -2.34. The summed E-state index contributed by atoms with van der Waals surface area (Å²) in [6, 6.07) is -0.593. The molecule has 2 heterocycles. The quantitative estimate of drug-likeness (QED) is 0.542. The summed E-state index contributed by atoms with van der Waals surface area (Å²) in [5.74, 6) is -0.343. The van der Waals surface area contributed by atoms with Gasteiger partial charge in [0, 0.05) is 12.5 Å². The number of aliphatic imine (C=N–C) groups is 1. The third-order valence-corrected chi connectivity index (χ3v) is 3.42. The first kappa shape index (κ1) is 15.7.